The van der Waals surface area contributed by atoms with Gasteiger partial charge in [-0.1, -0.05) is 6.07 Å². The molecule has 0 spiro atoms. The summed E-state index contributed by atoms with van der Waals surface area (Å²) in [5.41, 5.74) is 1.23. The van der Waals surface area contributed by atoms with Gasteiger partial charge in [-0.05, 0) is 44.6 Å². The molecule has 4 nitrogen and oxygen atoms in total. The molecule has 0 amide bonds. The summed E-state index contributed by atoms with van der Waals surface area (Å²) in [6.45, 7) is 2.16. The van der Waals surface area contributed by atoms with Crippen LogP contribution < -0.4 is 5.32 Å². The molecule has 1 fully saturated rings. The molecule has 4 heteroatoms. The molecule has 17 heavy (non-hydrogen) atoms. The summed E-state index contributed by atoms with van der Waals surface area (Å²) in [7, 11) is 2.11. The first-order valence-corrected chi connectivity index (χ1v) is 5.93. The number of hydrogen-bond acceptors (Lipinski definition) is 3. The fourth-order valence-corrected chi connectivity index (χ4v) is 2.26. The molecular weight excluding hydrogens is 216 g/mol. The van der Waals surface area contributed by atoms with Crippen LogP contribution in [0.1, 0.15) is 23.2 Å². The van der Waals surface area contributed by atoms with Gasteiger partial charge in [0.25, 0.3) is 0 Å². The van der Waals surface area contributed by atoms with E-state index in [0.29, 0.717) is 11.6 Å². The second kappa shape index (κ2) is 5.19. The Bertz CT molecular complexity index is 406. The van der Waals surface area contributed by atoms with Gasteiger partial charge < -0.3 is 15.3 Å². The summed E-state index contributed by atoms with van der Waals surface area (Å²) < 4.78 is 0. The van der Waals surface area contributed by atoms with Gasteiger partial charge in [-0.2, -0.15) is 0 Å². The molecule has 0 aromatic heterocycles. The Morgan fingerprint density at radius 3 is 3.06 bits per heavy atom. The highest BCUT2D eigenvalue weighted by atomic mass is 16.4. The molecule has 1 aliphatic rings. The smallest absolute Gasteiger partial charge is 0.335 e. The normalized spacial score (nSPS) is 21.1. The van der Waals surface area contributed by atoms with Gasteiger partial charge in [0.05, 0.1) is 5.56 Å². The number of piperidine rings is 1. The number of likely N-dealkylation sites (N-methyl/N-ethyl adjacent to an activating group) is 1. The van der Waals surface area contributed by atoms with Crippen LogP contribution in [0.5, 0.6) is 0 Å². The number of rotatable bonds is 3. The van der Waals surface area contributed by atoms with Crippen LogP contribution >= 0.6 is 0 Å². The summed E-state index contributed by atoms with van der Waals surface area (Å²) in [6, 6.07) is 7.41. The average Bonchev–Trinajstić information content (AvgIpc) is 2.29. The van der Waals surface area contributed by atoms with Crippen LogP contribution in [-0.4, -0.2) is 42.2 Å². The highest BCUT2D eigenvalue weighted by molar-refractivity contribution is 5.88. The average molecular weight is 234 g/mol. The fourth-order valence-electron chi connectivity index (χ4n) is 2.26. The molecular formula is C13H18N2O2. The monoisotopic (exact) mass is 234 g/mol. The zero-order valence-corrected chi connectivity index (χ0v) is 10.0. The quantitative estimate of drug-likeness (QED) is 0.838. The molecule has 1 atom stereocenters. The van der Waals surface area contributed by atoms with E-state index in [1.807, 2.05) is 6.07 Å². The van der Waals surface area contributed by atoms with Gasteiger partial charge in [0.1, 0.15) is 0 Å². The van der Waals surface area contributed by atoms with Crippen molar-refractivity contribution in [3.05, 3.63) is 29.8 Å². The van der Waals surface area contributed by atoms with Crippen molar-refractivity contribution in [2.45, 2.75) is 18.9 Å². The van der Waals surface area contributed by atoms with Gasteiger partial charge >= 0.3 is 5.97 Å². The first-order valence-electron chi connectivity index (χ1n) is 5.93. The Morgan fingerprint density at radius 1 is 1.53 bits per heavy atom. The van der Waals surface area contributed by atoms with Gasteiger partial charge in [-0.3, -0.25) is 0 Å². The molecule has 2 N–H and O–H groups in total. The van der Waals surface area contributed by atoms with E-state index < -0.39 is 5.97 Å². The highest BCUT2D eigenvalue weighted by Gasteiger charge is 2.16. The van der Waals surface area contributed by atoms with Crippen LogP contribution in [0.2, 0.25) is 0 Å². The molecule has 1 unspecified atom stereocenters. The molecule has 0 saturated carbocycles. The van der Waals surface area contributed by atoms with E-state index in [9.17, 15) is 4.79 Å². The van der Waals surface area contributed by atoms with Crippen molar-refractivity contribution in [2.75, 3.05) is 25.5 Å². The van der Waals surface area contributed by atoms with E-state index in [2.05, 4.69) is 17.3 Å². The second-order valence-electron chi connectivity index (χ2n) is 4.63. The standard InChI is InChI=1S/C13H18N2O2/c1-15-7-3-6-12(9-15)14-11-5-2-4-10(8-11)13(16)17/h2,4-5,8,12,14H,3,6-7,9H2,1H3,(H,16,17). The Labute approximate surface area is 101 Å². The van der Waals surface area contributed by atoms with Crippen LogP contribution in [0.4, 0.5) is 5.69 Å². The molecule has 1 aromatic rings. The predicted octanol–water partition coefficient (Wildman–Crippen LogP) is 1.89. The van der Waals surface area contributed by atoms with Crippen molar-refractivity contribution >= 4 is 11.7 Å². The van der Waals surface area contributed by atoms with Crippen molar-refractivity contribution < 1.29 is 9.90 Å². The lowest BCUT2D eigenvalue weighted by Crippen LogP contribution is -2.39. The van der Waals surface area contributed by atoms with Crippen LogP contribution in [-0.2, 0) is 0 Å². The maximum atomic E-state index is 10.9. The summed E-state index contributed by atoms with van der Waals surface area (Å²) in [6.07, 6.45) is 2.33. The molecule has 0 bridgehead atoms. The zero-order chi connectivity index (χ0) is 12.3. The fraction of sp³-hybridized carbons (Fsp3) is 0.462. The number of aromatic carboxylic acids is 1. The number of nitrogens with one attached hydrogen (secondary N) is 1. The first kappa shape index (κ1) is 11.9. The highest BCUT2D eigenvalue weighted by Crippen LogP contribution is 2.16. The Balaban J connectivity index is 2.02. The first-order chi connectivity index (χ1) is 8.15. The number of carboxylic acids is 1. The van der Waals surface area contributed by atoms with Crippen molar-refractivity contribution in [1.29, 1.82) is 0 Å². The van der Waals surface area contributed by atoms with E-state index >= 15 is 0 Å². The number of benzene rings is 1. The van der Waals surface area contributed by atoms with Crippen LogP contribution in [0.15, 0.2) is 24.3 Å². The number of anilines is 1. The minimum atomic E-state index is -0.880. The summed E-state index contributed by atoms with van der Waals surface area (Å²) >= 11 is 0. The van der Waals surface area contributed by atoms with Gasteiger partial charge in [0.15, 0.2) is 0 Å². The third-order valence-electron chi connectivity index (χ3n) is 3.10. The molecule has 1 heterocycles. The zero-order valence-electron chi connectivity index (χ0n) is 10.0. The number of carboxylic acid groups (broad SMARTS) is 1. The molecule has 92 valence electrons. The van der Waals surface area contributed by atoms with E-state index in [4.69, 9.17) is 5.11 Å². The number of likely N-dealkylation sites (tertiary alicyclic amines) is 1. The second-order valence-corrected chi connectivity index (χ2v) is 4.63. The number of nitrogens with zero attached hydrogens (tertiary/aromatic N) is 1. The molecule has 2 rings (SSSR count). The number of carbonyl (C=O) groups is 1. The van der Waals surface area contributed by atoms with Gasteiger partial charge in [0, 0.05) is 18.3 Å². The van der Waals surface area contributed by atoms with Gasteiger partial charge in [-0.15, -0.1) is 0 Å². The van der Waals surface area contributed by atoms with Crippen molar-refractivity contribution in [3.63, 3.8) is 0 Å². The van der Waals surface area contributed by atoms with Crippen LogP contribution in [0.3, 0.4) is 0 Å². The predicted molar refractivity (Wildman–Crippen MR) is 67.5 cm³/mol. The summed E-state index contributed by atoms with van der Waals surface area (Å²) in [4.78, 5) is 13.2. The third kappa shape index (κ3) is 3.20. The van der Waals surface area contributed by atoms with Crippen LogP contribution in [0.25, 0.3) is 0 Å². The van der Waals surface area contributed by atoms with Crippen molar-refractivity contribution in [2.24, 2.45) is 0 Å². The summed E-state index contributed by atoms with van der Waals surface area (Å²) in [5.74, 6) is -0.880. The topological polar surface area (TPSA) is 52.6 Å². The molecule has 0 radical (unpaired) electrons. The van der Waals surface area contributed by atoms with E-state index in [0.717, 1.165) is 25.2 Å². The minimum Gasteiger partial charge on any atom is -0.478 e. The van der Waals surface area contributed by atoms with Gasteiger partial charge in [0.2, 0.25) is 0 Å². The molecule has 0 aliphatic carbocycles. The van der Waals surface area contributed by atoms with Crippen LogP contribution in [0, 0.1) is 0 Å². The maximum Gasteiger partial charge on any atom is 0.335 e. The lowest BCUT2D eigenvalue weighted by atomic mass is 10.1. The van der Waals surface area contributed by atoms with E-state index in [1.165, 1.54) is 6.42 Å². The number of hydrogen-bond donors (Lipinski definition) is 2. The lowest BCUT2D eigenvalue weighted by Gasteiger charge is -2.30. The third-order valence-corrected chi connectivity index (χ3v) is 3.10. The maximum absolute atomic E-state index is 10.9. The summed E-state index contributed by atoms with van der Waals surface area (Å²) in [5, 5.41) is 12.3. The largest absolute Gasteiger partial charge is 0.478 e. The Morgan fingerprint density at radius 2 is 2.35 bits per heavy atom. The molecule has 1 aromatic carbocycles. The SMILES string of the molecule is CN1CCCC(Nc2cccc(C(=O)O)c2)C1. The van der Waals surface area contributed by atoms with Crippen molar-refractivity contribution in [1.82, 2.24) is 4.90 Å². The molecule has 1 saturated heterocycles. The van der Waals surface area contributed by atoms with Gasteiger partial charge in [-0.25, -0.2) is 4.79 Å². The van der Waals surface area contributed by atoms with Crippen molar-refractivity contribution in [3.8, 4) is 0 Å². The minimum absolute atomic E-state index is 0.333. The molecule has 1 aliphatic heterocycles. The van der Waals surface area contributed by atoms with E-state index in [1.54, 1.807) is 18.2 Å². The Kier molecular flexibility index (Phi) is 3.64. The van der Waals surface area contributed by atoms with E-state index in [-0.39, 0.29) is 0 Å². The lowest BCUT2D eigenvalue weighted by molar-refractivity contribution is 0.0697. The Hall–Kier alpha value is -1.55.